The number of hydrogen-bond donors (Lipinski definition) is 2. The van der Waals surface area contributed by atoms with E-state index in [9.17, 15) is 4.79 Å². The van der Waals surface area contributed by atoms with Crippen LogP contribution < -0.4 is 5.84 Å². The maximum atomic E-state index is 13.8. The number of nitrogens with two attached hydrogens (primary N) is 1. The normalized spacial score (nSPS) is 12.2. The van der Waals surface area contributed by atoms with Crippen LogP contribution in [0.2, 0.25) is 0 Å². The predicted molar refractivity (Wildman–Crippen MR) is 145 cm³/mol. The van der Waals surface area contributed by atoms with Gasteiger partial charge in [0, 0.05) is 29.1 Å². The Labute approximate surface area is 212 Å². The molecule has 0 radical (unpaired) electrons. The lowest BCUT2D eigenvalue weighted by Crippen LogP contribution is -2.16. The van der Waals surface area contributed by atoms with E-state index in [1.54, 1.807) is 6.20 Å². The third kappa shape index (κ3) is 4.03. The Balaban J connectivity index is 1.34. The standard InChI is InChI=1S/C29H23N5OS/c30-34-26(17-21-13-8-12-19-9-4-5-14-22(19)21)32-33-29(34)36-28(20-10-2-1-3-11-20)27(35)24-18-31-25-16-7-6-15-23(24)25/h1-16,18,28,31H,17,30H2/t28-/m0/s1. The molecule has 36 heavy (non-hydrogen) atoms. The van der Waals surface area contributed by atoms with Gasteiger partial charge in [0.15, 0.2) is 11.6 Å². The van der Waals surface area contributed by atoms with Crippen LogP contribution in [0.5, 0.6) is 0 Å². The van der Waals surface area contributed by atoms with E-state index in [1.165, 1.54) is 21.8 Å². The van der Waals surface area contributed by atoms with Crippen LogP contribution in [0, 0.1) is 0 Å². The number of carbonyl (C=O) groups is 1. The van der Waals surface area contributed by atoms with E-state index in [2.05, 4.69) is 39.4 Å². The average Bonchev–Trinajstić information content (AvgIpc) is 3.51. The zero-order valence-electron chi connectivity index (χ0n) is 19.3. The van der Waals surface area contributed by atoms with Crippen molar-refractivity contribution >= 4 is 39.2 Å². The van der Waals surface area contributed by atoms with Crippen LogP contribution >= 0.6 is 11.8 Å². The van der Waals surface area contributed by atoms with Crippen LogP contribution in [0.25, 0.3) is 21.7 Å². The second-order valence-corrected chi connectivity index (χ2v) is 9.68. The number of H-pyrrole nitrogens is 1. The molecule has 0 unspecified atom stereocenters. The fourth-order valence-electron chi connectivity index (χ4n) is 4.55. The van der Waals surface area contributed by atoms with E-state index in [0.717, 1.165) is 27.4 Å². The van der Waals surface area contributed by atoms with Crippen molar-refractivity contribution in [2.24, 2.45) is 0 Å². The second-order valence-electron chi connectivity index (χ2n) is 8.60. The molecule has 6 rings (SSSR count). The van der Waals surface area contributed by atoms with Gasteiger partial charge in [-0.05, 0) is 28.0 Å². The van der Waals surface area contributed by atoms with Gasteiger partial charge in [0.05, 0.1) is 0 Å². The zero-order chi connectivity index (χ0) is 24.5. The van der Waals surface area contributed by atoms with Gasteiger partial charge >= 0.3 is 0 Å². The number of benzene rings is 4. The molecule has 0 saturated heterocycles. The Hall–Kier alpha value is -4.36. The van der Waals surface area contributed by atoms with Gasteiger partial charge in [-0.2, -0.15) is 0 Å². The molecular weight excluding hydrogens is 466 g/mol. The van der Waals surface area contributed by atoms with Gasteiger partial charge in [-0.25, -0.2) is 4.68 Å². The van der Waals surface area contributed by atoms with Crippen LogP contribution in [0.1, 0.15) is 32.6 Å². The summed E-state index contributed by atoms with van der Waals surface area (Å²) in [4.78, 5) is 17.0. The van der Waals surface area contributed by atoms with Crippen molar-refractivity contribution in [3.8, 4) is 0 Å². The third-order valence-corrected chi connectivity index (χ3v) is 7.59. The van der Waals surface area contributed by atoms with Gasteiger partial charge < -0.3 is 10.8 Å². The number of carbonyl (C=O) groups excluding carboxylic acids is 1. The Morgan fingerprint density at radius 3 is 2.44 bits per heavy atom. The van der Waals surface area contributed by atoms with Crippen LogP contribution in [-0.2, 0) is 6.42 Å². The highest BCUT2D eigenvalue weighted by atomic mass is 32.2. The maximum Gasteiger partial charge on any atom is 0.210 e. The lowest BCUT2D eigenvalue weighted by molar-refractivity contribution is 0.0991. The van der Waals surface area contributed by atoms with Gasteiger partial charge in [0.25, 0.3) is 0 Å². The van der Waals surface area contributed by atoms with E-state index in [1.807, 2.05) is 72.8 Å². The summed E-state index contributed by atoms with van der Waals surface area (Å²) in [5.41, 5.74) is 3.58. The largest absolute Gasteiger partial charge is 0.360 e. The highest BCUT2D eigenvalue weighted by molar-refractivity contribution is 8.00. The molecule has 2 heterocycles. The quantitative estimate of drug-likeness (QED) is 0.165. The van der Waals surface area contributed by atoms with Crippen molar-refractivity contribution < 1.29 is 4.79 Å². The molecular formula is C29H23N5OS. The fourth-order valence-corrected chi connectivity index (χ4v) is 5.59. The number of nitrogen functional groups attached to an aromatic ring is 1. The molecule has 0 saturated carbocycles. The van der Waals surface area contributed by atoms with E-state index >= 15 is 0 Å². The van der Waals surface area contributed by atoms with Crippen LogP contribution in [0.3, 0.4) is 0 Å². The number of hydrogen-bond acceptors (Lipinski definition) is 5. The monoisotopic (exact) mass is 489 g/mol. The summed E-state index contributed by atoms with van der Waals surface area (Å²) in [6, 6.07) is 32.0. The number of nitrogens with zero attached hydrogens (tertiary/aromatic N) is 3. The van der Waals surface area contributed by atoms with Crippen molar-refractivity contribution in [3.63, 3.8) is 0 Å². The molecule has 6 aromatic rings. The number of nitrogens with one attached hydrogen (secondary N) is 1. The molecule has 3 N–H and O–H groups in total. The molecule has 2 aromatic heterocycles. The predicted octanol–water partition coefficient (Wildman–Crippen LogP) is 5.93. The molecule has 176 valence electrons. The number of Topliss-reactive ketones (excluding diaryl/α,β-unsaturated/α-hetero) is 1. The van der Waals surface area contributed by atoms with Gasteiger partial charge in [-0.3, -0.25) is 4.79 Å². The fraction of sp³-hybridized carbons (Fsp3) is 0.0690. The first-order valence-electron chi connectivity index (χ1n) is 11.7. The minimum atomic E-state index is -0.526. The number of aromatic amines is 1. The first-order valence-corrected chi connectivity index (χ1v) is 12.5. The van der Waals surface area contributed by atoms with E-state index in [4.69, 9.17) is 5.84 Å². The minimum Gasteiger partial charge on any atom is -0.360 e. The molecule has 0 spiro atoms. The number of ketones is 1. The van der Waals surface area contributed by atoms with E-state index in [-0.39, 0.29) is 5.78 Å². The molecule has 0 aliphatic heterocycles. The molecule has 6 nitrogen and oxygen atoms in total. The van der Waals surface area contributed by atoms with E-state index < -0.39 is 5.25 Å². The highest BCUT2D eigenvalue weighted by Gasteiger charge is 2.28. The Morgan fingerprint density at radius 2 is 1.58 bits per heavy atom. The number of fused-ring (bicyclic) bond motifs is 2. The van der Waals surface area contributed by atoms with Crippen LogP contribution in [0.15, 0.2) is 108 Å². The van der Waals surface area contributed by atoms with Crippen molar-refractivity contribution in [2.45, 2.75) is 16.8 Å². The third-order valence-electron chi connectivity index (χ3n) is 6.38. The lowest BCUT2D eigenvalue weighted by Gasteiger charge is -2.15. The maximum absolute atomic E-state index is 13.8. The minimum absolute atomic E-state index is 0.0118. The van der Waals surface area contributed by atoms with Crippen LogP contribution in [-0.4, -0.2) is 25.6 Å². The zero-order valence-corrected chi connectivity index (χ0v) is 20.2. The summed E-state index contributed by atoms with van der Waals surface area (Å²) in [6.45, 7) is 0. The molecule has 0 amide bonds. The van der Waals surface area contributed by atoms with Crippen molar-refractivity contribution in [3.05, 3.63) is 126 Å². The van der Waals surface area contributed by atoms with Crippen molar-refractivity contribution in [1.82, 2.24) is 19.9 Å². The molecule has 0 aliphatic carbocycles. The molecule has 7 heteroatoms. The topological polar surface area (TPSA) is 89.6 Å². The van der Waals surface area contributed by atoms with Gasteiger partial charge in [-0.1, -0.05) is 103 Å². The number of rotatable bonds is 7. The smallest absolute Gasteiger partial charge is 0.210 e. The molecule has 0 aliphatic rings. The Bertz CT molecular complexity index is 1680. The van der Waals surface area contributed by atoms with Crippen molar-refractivity contribution in [1.29, 1.82) is 0 Å². The van der Waals surface area contributed by atoms with Crippen molar-refractivity contribution in [2.75, 3.05) is 5.84 Å². The Kier molecular flexibility index (Phi) is 5.75. The SMILES string of the molecule is Nn1c(Cc2cccc3ccccc23)nnc1S[C@H](C(=O)c1c[nH]c2ccccc12)c1ccccc1. The average molecular weight is 490 g/mol. The lowest BCUT2D eigenvalue weighted by atomic mass is 10.0. The highest BCUT2D eigenvalue weighted by Crippen LogP contribution is 2.38. The molecule has 4 aromatic carbocycles. The summed E-state index contributed by atoms with van der Waals surface area (Å²) in [6.07, 6.45) is 2.32. The molecule has 0 fully saturated rings. The second kappa shape index (κ2) is 9.36. The van der Waals surface area contributed by atoms with Gasteiger partial charge in [-0.15, -0.1) is 10.2 Å². The summed E-state index contributed by atoms with van der Waals surface area (Å²) in [5.74, 6) is 7.11. The number of para-hydroxylation sites is 1. The number of aromatic nitrogens is 4. The molecule has 1 atom stereocenters. The summed E-state index contributed by atoms with van der Waals surface area (Å²) in [7, 11) is 0. The number of thioether (sulfide) groups is 1. The first-order chi connectivity index (χ1) is 17.7. The summed E-state index contributed by atoms with van der Waals surface area (Å²) < 4.78 is 1.50. The van der Waals surface area contributed by atoms with Gasteiger partial charge in [0.1, 0.15) is 5.25 Å². The Morgan fingerprint density at radius 1 is 0.861 bits per heavy atom. The summed E-state index contributed by atoms with van der Waals surface area (Å²) in [5, 5.41) is 12.0. The van der Waals surface area contributed by atoms with E-state index in [0.29, 0.717) is 23.0 Å². The first kappa shape index (κ1) is 22.1. The molecule has 0 bridgehead atoms. The summed E-state index contributed by atoms with van der Waals surface area (Å²) >= 11 is 1.32. The van der Waals surface area contributed by atoms with Gasteiger partial charge in [0.2, 0.25) is 5.16 Å². The van der Waals surface area contributed by atoms with Crippen LogP contribution in [0.4, 0.5) is 0 Å².